The third-order valence-electron chi connectivity index (χ3n) is 2.50. The molecule has 0 saturated heterocycles. The molecule has 0 aliphatic carbocycles. The lowest BCUT2D eigenvalue weighted by molar-refractivity contribution is 0.854. The Hall–Kier alpha value is -1.84. The fourth-order valence-corrected chi connectivity index (χ4v) is 1.23. The molecule has 0 saturated carbocycles. The van der Waals surface area contributed by atoms with E-state index < -0.39 is 0 Å². The Balaban J connectivity index is 2.39. The summed E-state index contributed by atoms with van der Waals surface area (Å²) in [5.74, 6) is 0.609. The highest BCUT2D eigenvalue weighted by molar-refractivity contribution is 5.87. The summed E-state index contributed by atoms with van der Waals surface area (Å²) in [6, 6.07) is 0. The lowest BCUT2D eigenvalue weighted by Crippen LogP contribution is -2.19. The first-order valence-corrected chi connectivity index (χ1v) is 5.70. The Morgan fingerprint density at radius 2 is 2.29 bits per heavy atom. The second kappa shape index (κ2) is 6.03. The number of hydrogen-bond acceptors (Lipinski definition) is 4. The average Bonchev–Trinajstić information content (AvgIpc) is 2.25. The van der Waals surface area contributed by atoms with E-state index in [1.165, 1.54) is 5.57 Å². The van der Waals surface area contributed by atoms with Gasteiger partial charge in [0.05, 0.1) is 6.21 Å². The first-order chi connectivity index (χ1) is 8.04. The predicted molar refractivity (Wildman–Crippen MR) is 74.0 cm³/mol. The van der Waals surface area contributed by atoms with Gasteiger partial charge in [-0.05, 0) is 20.3 Å². The topological polar surface area (TPSA) is 62.8 Å². The van der Waals surface area contributed by atoms with Crippen LogP contribution in [0.15, 0.2) is 44.9 Å². The van der Waals surface area contributed by atoms with E-state index >= 15 is 0 Å². The second-order valence-corrected chi connectivity index (χ2v) is 4.10. The molecule has 0 radical (unpaired) electrons. The van der Waals surface area contributed by atoms with E-state index in [4.69, 9.17) is 5.73 Å². The maximum Gasteiger partial charge on any atom is 0.118 e. The minimum Gasteiger partial charge on any atom is -0.398 e. The Morgan fingerprint density at radius 1 is 1.59 bits per heavy atom. The molecule has 92 valence electrons. The molecule has 1 aliphatic rings. The third kappa shape index (κ3) is 3.90. The fraction of sp³-hybridized carbons (Fsp3) is 0.385. The van der Waals surface area contributed by atoms with Gasteiger partial charge in [0.1, 0.15) is 5.82 Å². The van der Waals surface area contributed by atoms with Gasteiger partial charge in [-0.2, -0.15) is 0 Å². The molecular weight excluding hydrogens is 212 g/mol. The zero-order valence-electron chi connectivity index (χ0n) is 10.7. The number of allylic oxidation sites excluding steroid dienone is 3. The SMILES string of the molecule is C=C(/N=C\C(N)=C(C)C)NCC1=C(CC)N=C1. The monoisotopic (exact) mass is 232 g/mol. The Bertz CT molecular complexity index is 421. The van der Waals surface area contributed by atoms with Crippen LogP contribution in [0.25, 0.3) is 0 Å². The number of nitrogens with zero attached hydrogens (tertiary/aromatic N) is 2. The molecule has 0 aromatic heterocycles. The molecule has 4 nitrogen and oxygen atoms in total. The number of nitrogens with one attached hydrogen (secondary N) is 1. The molecule has 0 spiro atoms. The number of aliphatic imine (C=N–C) groups is 2. The standard InChI is InChI=1S/C13H20N4/c1-5-13-11(7-17-13)6-15-10(4)16-8-12(14)9(2)3/h7-8,15H,4-6,14H2,1-3H3/b16-8-. The van der Waals surface area contributed by atoms with Crippen LogP contribution in [0.5, 0.6) is 0 Å². The molecular formula is C13H20N4. The van der Waals surface area contributed by atoms with E-state index in [1.807, 2.05) is 20.1 Å². The van der Waals surface area contributed by atoms with Crippen molar-refractivity contribution in [2.75, 3.05) is 6.54 Å². The van der Waals surface area contributed by atoms with Crippen LogP contribution in [0.4, 0.5) is 0 Å². The highest BCUT2D eigenvalue weighted by Gasteiger charge is 2.08. The first-order valence-electron chi connectivity index (χ1n) is 5.70. The van der Waals surface area contributed by atoms with Crippen molar-refractivity contribution in [3.8, 4) is 0 Å². The van der Waals surface area contributed by atoms with Crippen LogP contribution in [0.3, 0.4) is 0 Å². The maximum absolute atomic E-state index is 5.73. The molecule has 0 bridgehead atoms. The van der Waals surface area contributed by atoms with Gasteiger partial charge in [-0.25, -0.2) is 4.99 Å². The van der Waals surface area contributed by atoms with Gasteiger partial charge in [0.2, 0.25) is 0 Å². The van der Waals surface area contributed by atoms with E-state index in [9.17, 15) is 0 Å². The van der Waals surface area contributed by atoms with Gasteiger partial charge < -0.3 is 11.1 Å². The van der Waals surface area contributed by atoms with Gasteiger partial charge in [-0.3, -0.25) is 4.99 Å². The molecule has 0 fully saturated rings. The van der Waals surface area contributed by atoms with Crippen LogP contribution in [-0.4, -0.2) is 19.0 Å². The summed E-state index contributed by atoms with van der Waals surface area (Å²) in [4.78, 5) is 8.31. The minimum atomic E-state index is 0.609. The van der Waals surface area contributed by atoms with Crippen LogP contribution in [0, 0.1) is 0 Å². The summed E-state index contributed by atoms with van der Waals surface area (Å²) in [6.07, 6.45) is 4.45. The molecule has 0 aromatic carbocycles. The highest BCUT2D eigenvalue weighted by Crippen LogP contribution is 2.16. The highest BCUT2D eigenvalue weighted by atomic mass is 15.0. The summed E-state index contributed by atoms with van der Waals surface area (Å²) < 4.78 is 0. The van der Waals surface area contributed by atoms with Crippen LogP contribution in [0.1, 0.15) is 27.2 Å². The van der Waals surface area contributed by atoms with Crippen LogP contribution < -0.4 is 11.1 Å². The summed E-state index contributed by atoms with van der Waals surface area (Å²) >= 11 is 0. The van der Waals surface area contributed by atoms with Gasteiger partial charge in [-0.15, -0.1) is 0 Å². The zero-order chi connectivity index (χ0) is 12.8. The van der Waals surface area contributed by atoms with Gasteiger partial charge in [0.15, 0.2) is 0 Å². The first kappa shape index (κ1) is 13.2. The van der Waals surface area contributed by atoms with Crippen LogP contribution >= 0.6 is 0 Å². The van der Waals surface area contributed by atoms with E-state index in [1.54, 1.807) is 6.21 Å². The van der Waals surface area contributed by atoms with Crippen molar-refractivity contribution in [2.45, 2.75) is 27.2 Å². The maximum atomic E-state index is 5.73. The van der Waals surface area contributed by atoms with Crippen molar-refractivity contribution < 1.29 is 0 Å². The lowest BCUT2D eigenvalue weighted by Gasteiger charge is -2.14. The number of hydrogen-bond donors (Lipinski definition) is 2. The summed E-state index contributed by atoms with van der Waals surface area (Å²) in [6.45, 7) is 10.5. The normalized spacial score (nSPS) is 13.8. The van der Waals surface area contributed by atoms with Crippen LogP contribution in [-0.2, 0) is 0 Å². The molecule has 17 heavy (non-hydrogen) atoms. The molecule has 4 heteroatoms. The number of nitrogens with two attached hydrogens (primary N) is 1. The van der Waals surface area contributed by atoms with E-state index in [2.05, 4.69) is 28.8 Å². The fourth-order valence-electron chi connectivity index (χ4n) is 1.23. The minimum absolute atomic E-state index is 0.609. The lowest BCUT2D eigenvalue weighted by atomic mass is 10.1. The van der Waals surface area contributed by atoms with Gasteiger partial charge >= 0.3 is 0 Å². The average molecular weight is 232 g/mol. The molecule has 0 aromatic rings. The molecule has 1 rings (SSSR count). The Labute approximate surface area is 103 Å². The Morgan fingerprint density at radius 3 is 2.76 bits per heavy atom. The quantitative estimate of drug-likeness (QED) is 0.689. The summed E-state index contributed by atoms with van der Waals surface area (Å²) in [5, 5.41) is 3.12. The van der Waals surface area contributed by atoms with Crippen molar-refractivity contribution in [2.24, 2.45) is 15.7 Å². The largest absolute Gasteiger partial charge is 0.398 e. The van der Waals surface area contributed by atoms with Crippen molar-refractivity contribution in [1.29, 1.82) is 0 Å². The van der Waals surface area contributed by atoms with Gasteiger partial charge in [0.25, 0.3) is 0 Å². The van der Waals surface area contributed by atoms with Crippen molar-refractivity contribution in [3.63, 3.8) is 0 Å². The second-order valence-electron chi connectivity index (χ2n) is 4.10. The Kier molecular flexibility index (Phi) is 4.69. The van der Waals surface area contributed by atoms with Crippen molar-refractivity contribution >= 4 is 12.4 Å². The van der Waals surface area contributed by atoms with Crippen LogP contribution in [0.2, 0.25) is 0 Å². The van der Waals surface area contributed by atoms with E-state index in [-0.39, 0.29) is 0 Å². The third-order valence-corrected chi connectivity index (χ3v) is 2.50. The smallest absolute Gasteiger partial charge is 0.118 e. The van der Waals surface area contributed by atoms with E-state index in [0.29, 0.717) is 11.5 Å². The van der Waals surface area contributed by atoms with Gasteiger partial charge in [-0.1, -0.05) is 19.1 Å². The molecule has 0 amide bonds. The van der Waals surface area contributed by atoms with Crippen molar-refractivity contribution in [1.82, 2.24) is 5.32 Å². The van der Waals surface area contributed by atoms with E-state index in [0.717, 1.165) is 24.2 Å². The zero-order valence-corrected chi connectivity index (χ0v) is 10.7. The van der Waals surface area contributed by atoms with Crippen molar-refractivity contribution in [3.05, 3.63) is 34.9 Å². The molecule has 0 unspecified atom stereocenters. The molecule has 1 aliphatic heterocycles. The molecule has 1 heterocycles. The van der Waals surface area contributed by atoms with Gasteiger partial charge in [0, 0.05) is 29.7 Å². The number of rotatable bonds is 6. The molecule has 3 N–H and O–H groups in total. The summed E-state index contributed by atoms with van der Waals surface area (Å²) in [5.41, 5.74) is 9.82. The molecule has 0 atom stereocenters. The predicted octanol–water partition coefficient (Wildman–Crippen LogP) is 2.12. The summed E-state index contributed by atoms with van der Waals surface area (Å²) in [7, 11) is 0.